The van der Waals surface area contributed by atoms with Gasteiger partial charge in [0.05, 0.1) is 11.6 Å². The molecule has 86 valence electrons. The van der Waals surface area contributed by atoms with Crippen molar-refractivity contribution in [2.24, 2.45) is 0 Å². The minimum atomic E-state index is -0.0975. The summed E-state index contributed by atoms with van der Waals surface area (Å²) in [7, 11) is 1.62. The lowest BCUT2D eigenvalue weighted by atomic mass is 10.1. The third kappa shape index (κ3) is 2.36. The Morgan fingerprint density at radius 3 is 3.00 bits per heavy atom. The van der Waals surface area contributed by atoms with E-state index in [0.29, 0.717) is 6.54 Å². The first kappa shape index (κ1) is 11.4. The smallest absolute Gasteiger partial charge is 0.246 e. The molecule has 1 fully saturated rings. The molecule has 0 aliphatic carbocycles. The molecule has 1 heterocycles. The topological polar surface area (TPSA) is 47.6 Å². The van der Waals surface area contributed by atoms with Crippen molar-refractivity contribution < 1.29 is 14.3 Å². The van der Waals surface area contributed by atoms with Gasteiger partial charge in [0.1, 0.15) is 18.5 Å². The molecule has 0 saturated carbocycles. The Hall–Kier alpha value is -1.07. The predicted octanol–water partition coefficient (Wildman–Crippen LogP) is 1.65. The van der Waals surface area contributed by atoms with Crippen molar-refractivity contribution in [2.45, 2.75) is 6.10 Å². The van der Waals surface area contributed by atoms with E-state index in [1.165, 1.54) is 0 Å². The highest BCUT2D eigenvalue weighted by Gasteiger charge is 2.20. The molecule has 4 nitrogen and oxygen atoms in total. The number of carbonyl (C=O) groups is 1. The second-order valence-corrected chi connectivity index (χ2v) is 4.35. The first-order valence-electron chi connectivity index (χ1n) is 4.92. The largest absolute Gasteiger partial charge is 0.496 e. The number of benzene rings is 1. The van der Waals surface area contributed by atoms with Gasteiger partial charge in [-0.15, -0.1) is 0 Å². The molecule has 1 saturated heterocycles. The Morgan fingerprint density at radius 2 is 2.38 bits per heavy atom. The van der Waals surface area contributed by atoms with Crippen molar-refractivity contribution in [1.29, 1.82) is 0 Å². The Balaban J connectivity index is 2.17. The van der Waals surface area contributed by atoms with Crippen LogP contribution >= 0.6 is 15.9 Å². The Bertz CT molecular complexity index is 398. The number of amides is 1. The van der Waals surface area contributed by atoms with Gasteiger partial charge in [-0.3, -0.25) is 4.79 Å². The van der Waals surface area contributed by atoms with Gasteiger partial charge in [0, 0.05) is 6.54 Å². The normalized spacial score (nSPS) is 20.4. The van der Waals surface area contributed by atoms with E-state index in [2.05, 4.69) is 21.2 Å². The second-order valence-electron chi connectivity index (χ2n) is 3.50. The number of rotatable bonds is 2. The number of hydrogen-bond donors (Lipinski definition) is 1. The van der Waals surface area contributed by atoms with E-state index in [1.54, 1.807) is 7.11 Å². The predicted molar refractivity (Wildman–Crippen MR) is 62.4 cm³/mol. The van der Waals surface area contributed by atoms with Crippen LogP contribution in [0, 0.1) is 0 Å². The first-order chi connectivity index (χ1) is 7.70. The van der Waals surface area contributed by atoms with Crippen molar-refractivity contribution >= 4 is 21.8 Å². The van der Waals surface area contributed by atoms with E-state index in [9.17, 15) is 4.79 Å². The van der Waals surface area contributed by atoms with E-state index in [-0.39, 0.29) is 18.6 Å². The van der Waals surface area contributed by atoms with Crippen LogP contribution in [0.15, 0.2) is 22.7 Å². The number of ether oxygens (including phenoxy) is 2. The van der Waals surface area contributed by atoms with Gasteiger partial charge >= 0.3 is 0 Å². The number of halogens is 1. The van der Waals surface area contributed by atoms with E-state index in [0.717, 1.165) is 15.8 Å². The van der Waals surface area contributed by atoms with Gasteiger partial charge in [-0.05, 0) is 33.6 Å². The number of methoxy groups -OCH3 is 1. The summed E-state index contributed by atoms with van der Waals surface area (Å²) in [6.45, 7) is 0.618. The summed E-state index contributed by atoms with van der Waals surface area (Å²) in [5.41, 5.74) is 1.00. The van der Waals surface area contributed by atoms with Crippen molar-refractivity contribution in [3.63, 3.8) is 0 Å². The van der Waals surface area contributed by atoms with Crippen LogP contribution in [-0.2, 0) is 9.53 Å². The molecule has 0 aromatic heterocycles. The summed E-state index contributed by atoms with van der Waals surface area (Å²) >= 11 is 3.39. The molecule has 0 bridgehead atoms. The average Bonchev–Trinajstić information content (AvgIpc) is 2.31. The lowest BCUT2D eigenvalue weighted by Gasteiger charge is -2.23. The molecule has 1 aromatic carbocycles. The van der Waals surface area contributed by atoms with Gasteiger partial charge in [0.15, 0.2) is 0 Å². The van der Waals surface area contributed by atoms with Crippen LogP contribution < -0.4 is 10.1 Å². The van der Waals surface area contributed by atoms with Crippen molar-refractivity contribution in [1.82, 2.24) is 5.32 Å². The van der Waals surface area contributed by atoms with Gasteiger partial charge in [-0.25, -0.2) is 0 Å². The van der Waals surface area contributed by atoms with Crippen LogP contribution in [0.4, 0.5) is 0 Å². The maximum absolute atomic E-state index is 10.9. The minimum Gasteiger partial charge on any atom is -0.496 e. The number of hydrogen-bond acceptors (Lipinski definition) is 3. The van der Waals surface area contributed by atoms with E-state index in [1.807, 2.05) is 18.2 Å². The molecule has 0 radical (unpaired) electrons. The third-order valence-electron chi connectivity index (χ3n) is 2.45. The maximum Gasteiger partial charge on any atom is 0.246 e. The fraction of sp³-hybridized carbons (Fsp3) is 0.364. The van der Waals surface area contributed by atoms with Gasteiger partial charge in [-0.2, -0.15) is 0 Å². The monoisotopic (exact) mass is 285 g/mol. The van der Waals surface area contributed by atoms with E-state index >= 15 is 0 Å². The van der Waals surface area contributed by atoms with Crippen LogP contribution in [-0.4, -0.2) is 26.2 Å². The van der Waals surface area contributed by atoms with Crippen LogP contribution in [0.25, 0.3) is 0 Å². The van der Waals surface area contributed by atoms with Crippen LogP contribution in [0.2, 0.25) is 0 Å². The minimum absolute atomic E-state index is 0.0691. The molecule has 0 spiro atoms. The highest BCUT2D eigenvalue weighted by molar-refractivity contribution is 9.10. The van der Waals surface area contributed by atoms with Crippen LogP contribution in [0.1, 0.15) is 11.7 Å². The van der Waals surface area contributed by atoms with Crippen molar-refractivity contribution in [2.75, 3.05) is 20.3 Å². The molecule has 1 atom stereocenters. The zero-order valence-electron chi connectivity index (χ0n) is 8.83. The Kier molecular flexibility index (Phi) is 3.46. The van der Waals surface area contributed by atoms with E-state index < -0.39 is 0 Å². The summed E-state index contributed by atoms with van der Waals surface area (Å²) < 4.78 is 11.5. The van der Waals surface area contributed by atoms with Crippen molar-refractivity contribution in [3.05, 3.63) is 28.2 Å². The zero-order chi connectivity index (χ0) is 11.5. The standard InChI is InChI=1S/C11H12BrNO3/c1-15-9-4-7(2-3-8(9)12)10-5-13-11(14)6-16-10/h2-4,10H,5-6H2,1H3,(H,13,14)/t10-/m0/s1. The van der Waals surface area contributed by atoms with Gasteiger partial charge in [0.25, 0.3) is 0 Å². The summed E-state index contributed by atoms with van der Waals surface area (Å²) in [4.78, 5) is 10.9. The molecule has 1 aliphatic rings. The molecular weight excluding hydrogens is 274 g/mol. The highest BCUT2D eigenvalue weighted by Crippen LogP contribution is 2.29. The fourth-order valence-corrected chi connectivity index (χ4v) is 1.99. The molecule has 0 unspecified atom stereocenters. The summed E-state index contributed by atoms with van der Waals surface area (Å²) in [5.74, 6) is 0.693. The van der Waals surface area contributed by atoms with Gasteiger partial charge in [0.2, 0.25) is 5.91 Å². The lowest BCUT2D eigenvalue weighted by Crippen LogP contribution is -2.38. The lowest BCUT2D eigenvalue weighted by molar-refractivity contribution is -0.133. The fourth-order valence-electron chi connectivity index (χ4n) is 1.58. The van der Waals surface area contributed by atoms with Gasteiger partial charge < -0.3 is 14.8 Å². The number of carbonyl (C=O) groups excluding carboxylic acids is 1. The summed E-state index contributed by atoms with van der Waals surface area (Å²) in [6, 6.07) is 5.77. The van der Waals surface area contributed by atoms with Crippen molar-refractivity contribution in [3.8, 4) is 5.75 Å². The zero-order valence-corrected chi connectivity index (χ0v) is 10.4. The Morgan fingerprint density at radius 1 is 1.56 bits per heavy atom. The molecular formula is C11H12BrNO3. The summed E-state index contributed by atoms with van der Waals surface area (Å²) in [5, 5.41) is 2.77. The number of morpholine rings is 1. The Labute approximate surface area is 102 Å². The van der Waals surface area contributed by atoms with E-state index in [4.69, 9.17) is 9.47 Å². The maximum atomic E-state index is 10.9. The SMILES string of the molecule is COc1cc([C@@H]2CNC(=O)CO2)ccc1Br. The molecule has 1 N–H and O–H groups in total. The third-order valence-corrected chi connectivity index (χ3v) is 3.10. The molecule has 1 amide bonds. The quantitative estimate of drug-likeness (QED) is 0.899. The summed E-state index contributed by atoms with van der Waals surface area (Å²) in [6.07, 6.45) is -0.0975. The first-order valence-corrected chi connectivity index (χ1v) is 5.71. The number of nitrogens with one attached hydrogen (secondary N) is 1. The second kappa shape index (κ2) is 4.84. The molecule has 16 heavy (non-hydrogen) atoms. The molecule has 1 aromatic rings. The van der Waals surface area contributed by atoms with Gasteiger partial charge in [-0.1, -0.05) is 6.07 Å². The molecule has 5 heteroatoms. The van der Waals surface area contributed by atoms with Crippen LogP contribution in [0.5, 0.6) is 5.75 Å². The highest BCUT2D eigenvalue weighted by atomic mass is 79.9. The van der Waals surface area contributed by atoms with Crippen LogP contribution in [0.3, 0.4) is 0 Å². The molecule has 1 aliphatic heterocycles. The average molecular weight is 286 g/mol. The molecule has 2 rings (SSSR count).